The molecule has 0 saturated heterocycles. The highest BCUT2D eigenvalue weighted by atomic mass is 16.1. The van der Waals surface area contributed by atoms with Crippen molar-refractivity contribution < 1.29 is 4.79 Å². The van der Waals surface area contributed by atoms with Crippen molar-refractivity contribution in [2.24, 2.45) is 4.99 Å². The minimum atomic E-state index is -0.340. The lowest BCUT2D eigenvalue weighted by Crippen LogP contribution is -2.18. The molecule has 1 N–H and O–H groups in total. The van der Waals surface area contributed by atoms with Crippen LogP contribution in [0.3, 0.4) is 0 Å². The van der Waals surface area contributed by atoms with Crippen LogP contribution in [-0.4, -0.2) is 16.3 Å². The van der Waals surface area contributed by atoms with Crippen LogP contribution in [0, 0.1) is 0 Å². The van der Waals surface area contributed by atoms with E-state index in [0.29, 0.717) is 0 Å². The van der Waals surface area contributed by atoms with E-state index >= 15 is 0 Å². The molecule has 0 spiro atoms. The minimum Gasteiger partial charge on any atom is -0.278 e. The number of H-pyrrole nitrogens is 1. The molecule has 1 saturated carbocycles. The molecule has 4 heteroatoms. The van der Waals surface area contributed by atoms with Crippen LogP contribution >= 0.6 is 0 Å². The Kier molecular flexibility index (Phi) is 2.30. The molecule has 1 aliphatic carbocycles. The maximum atomic E-state index is 10.6. The molecule has 17 heavy (non-hydrogen) atoms. The first-order valence-electron chi connectivity index (χ1n) is 5.87. The summed E-state index contributed by atoms with van der Waals surface area (Å²) in [4.78, 5) is 14.7. The van der Waals surface area contributed by atoms with Gasteiger partial charge in [0.25, 0.3) is 0 Å². The Morgan fingerprint density at radius 3 is 2.94 bits per heavy atom. The summed E-state index contributed by atoms with van der Waals surface area (Å²) in [5.74, 6) is 0. The highest BCUT2D eigenvalue weighted by molar-refractivity contribution is 5.78. The number of isocyanates is 1. The van der Waals surface area contributed by atoms with Crippen molar-refractivity contribution in [1.29, 1.82) is 0 Å². The molecule has 4 nitrogen and oxygen atoms in total. The molecule has 1 aromatic carbocycles. The van der Waals surface area contributed by atoms with Crippen molar-refractivity contribution in [2.45, 2.75) is 31.2 Å². The molecular formula is C13H13N3O. The minimum absolute atomic E-state index is 0.340. The molecule has 0 atom stereocenters. The molecule has 0 unspecified atom stereocenters. The number of aliphatic imine (C=N–C) groups is 1. The van der Waals surface area contributed by atoms with E-state index in [-0.39, 0.29) is 5.54 Å². The van der Waals surface area contributed by atoms with Crippen molar-refractivity contribution in [3.8, 4) is 0 Å². The van der Waals surface area contributed by atoms with Gasteiger partial charge in [-0.05, 0) is 30.5 Å². The van der Waals surface area contributed by atoms with Crippen LogP contribution in [0.2, 0.25) is 0 Å². The number of fused-ring (bicyclic) bond motifs is 1. The first-order chi connectivity index (χ1) is 8.34. The Morgan fingerprint density at radius 1 is 1.35 bits per heavy atom. The predicted octanol–water partition coefficient (Wildman–Crippen LogP) is 2.67. The third-order valence-corrected chi connectivity index (χ3v) is 3.67. The summed E-state index contributed by atoms with van der Waals surface area (Å²) in [6, 6.07) is 6.11. The topological polar surface area (TPSA) is 58.1 Å². The number of hydrogen-bond acceptors (Lipinski definition) is 3. The molecule has 0 amide bonds. The Hall–Kier alpha value is -1.93. The Balaban J connectivity index is 2.14. The second-order valence-corrected chi connectivity index (χ2v) is 4.61. The average molecular weight is 227 g/mol. The van der Waals surface area contributed by atoms with Crippen LogP contribution in [0.25, 0.3) is 10.9 Å². The summed E-state index contributed by atoms with van der Waals surface area (Å²) in [5.41, 5.74) is 1.77. The molecule has 0 bridgehead atoms. The fourth-order valence-electron chi connectivity index (χ4n) is 2.74. The van der Waals surface area contributed by atoms with E-state index < -0.39 is 0 Å². The van der Waals surface area contributed by atoms with Crippen LogP contribution in [0.15, 0.2) is 29.4 Å². The van der Waals surface area contributed by atoms with Crippen LogP contribution in [0.5, 0.6) is 0 Å². The molecule has 86 valence electrons. The number of carbonyl (C=O) groups excluding carboxylic acids is 1. The highest BCUT2D eigenvalue weighted by Crippen LogP contribution is 2.42. The van der Waals surface area contributed by atoms with E-state index in [0.717, 1.165) is 42.1 Å². The molecule has 3 rings (SSSR count). The number of aromatic nitrogens is 2. The SMILES string of the molecule is O=C=NC1(c2ccc3[nH]ncc3c2)CCCC1. The third-order valence-electron chi connectivity index (χ3n) is 3.67. The van der Waals surface area contributed by atoms with E-state index in [2.05, 4.69) is 21.3 Å². The van der Waals surface area contributed by atoms with Crippen molar-refractivity contribution in [3.05, 3.63) is 30.0 Å². The molecule has 0 radical (unpaired) electrons. The van der Waals surface area contributed by atoms with Crippen molar-refractivity contribution in [2.75, 3.05) is 0 Å². The maximum absolute atomic E-state index is 10.6. The monoisotopic (exact) mass is 227 g/mol. The molecule has 1 fully saturated rings. The standard InChI is InChI=1S/C13H13N3O/c17-9-14-13(5-1-2-6-13)11-3-4-12-10(7-11)8-15-16-12/h3-4,7-8H,1-2,5-6H2,(H,15,16). The first kappa shape index (κ1) is 10.2. The lowest BCUT2D eigenvalue weighted by Gasteiger charge is -2.22. The number of hydrogen-bond donors (Lipinski definition) is 1. The molecule has 1 heterocycles. The summed E-state index contributed by atoms with van der Waals surface area (Å²) < 4.78 is 0. The van der Waals surface area contributed by atoms with Gasteiger partial charge < -0.3 is 0 Å². The number of rotatable bonds is 2. The molecular weight excluding hydrogens is 214 g/mol. The highest BCUT2D eigenvalue weighted by Gasteiger charge is 2.35. The van der Waals surface area contributed by atoms with Gasteiger partial charge in [-0.1, -0.05) is 18.9 Å². The third kappa shape index (κ3) is 1.58. The normalized spacial score (nSPS) is 18.1. The second kappa shape index (κ2) is 3.82. The predicted molar refractivity (Wildman–Crippen MR) is 64.4 cm³/mol. The van der Waals surface area contributed by atoms with Gasteiger partial charge >= 0.3 is 0 Å². The zero-order valence-corrected chi connectivity index (χ0v) is 9.44. The Labute approximate surface area is 98.8 Å². The number of aromatic amines is 1. The van der Waals surface area contributed by atoms with Gasteiger partial charge in [-0.15, -0.1) is 0 Å². The van der Waals surface area contributed by atoms with Crippen LogP contribution in [-0.2, 0) is 10.3 Å². The largest absolute Gasteiger partial charge is 0.278 e. The summed E-state index contributed by atoms with van der Waals surface area (Å²) >= 11 is 0. The quantitative estimate of drug-likeness (QED) is 0.633. The first-order valence-corrected chi connectivity index (χ1v) is 5.87. The van der Waals surface area contributed by atoms with E-state index in [9.17, 15) is 4.79 Å². The van der Waals surface area contributed by atoms with E-state index in [1.54, 1.807) is 12.3 Å². The zero-order chi connectivity index (χ0) is 11.7. The van der Waals surface area contributed by atoms with Crippen LogP contribution < -0.4 is 0 Å². The van der Waals surface area contributed by atoms with Gasteiger partial charge in [0.15, 0.2) is 0 Å². The molecule has 2 aromatic rings. The van der Waals surface area contributed by atoms with Gasteiger partial charge in [-0.3, -0.25) is 5.10 Å². The second-order valence-electron chi connectivity index (χ2n) is 4.61. The van der Waals surface area contributed by atoms with Gasteiger partial charge in [0.2, 0.25) is 6.08 Å². The lowest BCUT2D eigenvalue weighted by atomic mass is 9.88. The average Bonchev–Trinajstić information content (AvgIpc) is 2.96. The van der Waals surface area contributed by atoms with Crippen molar-refractivity contribution >= 4 is 17.0 Å². The van der Waals surface area contributed by atoms with Crippen LogP contribution in [0.1, 0.15) is 31.2 Å². The number of nitrogens with one attached hydrogen (secondary N) is 1. The zero-order valence-electron chi connectivity index (χ0n) is 9.44. The summed E-state index contributed by atoms with van der Waals surface area (Å²) in [6.07, 6.45) is 7.65. The van der Waals surface area contributed by atoms with Crippen molar-refractivity contribution in [1.82, 2.24) is 10.2 Å². The van der Waals surface area contributed by atoms with E-state index in [1.165, 1.54) is 0 Å². The van der Waals surface area contributed by atoms with Gasteiger partial charge in [0.05, 0.1) is 17.3 Å². The fourth-order valence-corrected chi connectivity index (χ4v) is 2.74. The number of benzene rings is 1. The van der Waals surface area contributed by atoms with Gasteiger partial charge in [0.1, 0.15) is 0 Å². The Morgan fingerprint density at radius 2 is 2.18 bits per heavy atom. The summed E-state index contributed by atoms with van der Waals surface area (Å²) in [5, 5.41) is 7.99. The lowest BCUT2D eigenvalue weighted by molar-refractivity contribution is 0.456. The number of nitrogens with zero attached hydrogens (tertiary/aromatic N) is 2. The van der Waals surface area contributed by atoms with E-state index in [4.69, 9.17) is 0 Å². The molecule has 1 aromatic heterocycles. The van der Waals surface area contributed by atoms with Gasteiger partial charge in [0, 0.05) is 5.39 Å². The Bertz CT molecular complexity index is 589. The van der Waals surface area contributed by atoms with Crippen molar-refractivity contribution in [3.63, 3.8) is 0 Å². The van der Waals surface area contributed by atoms with Gasteiger partial charge in [-0.2, -0.15) is 10.1 Å². The van der Waals surface area contributed by atoms with Crippen LogP contribution in [0.4, 0.5) is 0 Å². The molecule has 0 aliphatic heterocycles. The maximum Gasteiger partial charge on any atom is 0.235 e. The summed E-state index contributed by atoms with van der Waals surface area (Å²) in [7, 11) is 0. The molecule has 1 aliphatic rings. The fraction of sp³-hybridized carbons (Fsp3) is 0.385. The van der Waals surface area contributed by atoms with E-state index in [1.807, 2.05) is 12.1 Å². The summed E-state index contributed by atoms with van der Waals surface area (Å²) in [6.45, 7) is 0. The van der Waals surface area contributed by atoms with Gasteiger partial charge in [-0.25, -0.2) is 4.79 Å². The smallest absolute Gasteiger partial charge is 0.235 e.